The van der Waals surface area contributed by atoms with Crippen molar-refractivity contribution in [3.05, 3.63) is 216 Å². The van der Waals surface area contributed by atoms with E-state index in [1.54, 1.807) is 0 Å². The Morgan fingerprint density at radius 3 is 1.00 bits per heavy atom. The van der Waals surface area contributed by atoms with E-state index < -0.39 is 0 Å². The summed E-state index contributed by atoms with van der Waals surface area (Å²) in [6, 6.07) is 71.7. The second kappa shape index (κ2) is 14.1. The molecule has 2 N–H and O–H groups in total. The van der Waals surface area contributed by atoms with Gasteiger partial charge >= 0.3 is 0 Å². The maximum Gasteiger partial charge on any atom is 0.0390 e. The van der Waals surface area contributed by atoms with Crippen molar-refractivity contribution >= 4 is 55.1 Å². The van der Waals surface area contributed by atoms with E-state index in [9.17, 15) is 0 Å². The van der Waals surface area contributed by atoms with Gasteiger partial charge < -0.3 is 10.6 Å². The Kier molecular flexibility index (Phi) is 8.16. The zero-order chi connectivity index (χ0) is 39.6. The molecular weight excluding hydrogens is 725 g/mol. The highest BCUT2D eigenvalue weighted by atomic mass is 14.9. The van der Waals surface area contributed by atoms with Gasteiger partial charge in [0.15, 0.2) is 0 Å². The highest BCUT2D eigenvalue weighted by Gasteiger charge is 2.16. The zero-order valence-corrected chi connectivity index (χ0v) is 33.3. The zero-order valence-electron chi connectivity index (χ0n) is 33.3. The SMILES string of the molecule is c1cc(Nc2ccc(-c3ccc4c5ccc(-c6ccc(Nc7cccc(-c8ccc9c(c8)CC9)c7)cc6)cc5c5ccccc5c4c3)cc2)cc(-c2ccc3c(c2)CC3)c1. The second-order valence-corrected chi connectivity index (χ2v) is 16.6. The molecule has 0 saturated carbocycles. The van der Waals surface area contributed by atoms with Crippen molar-refractivity contribution < 1.29 is 0 Å². The summed E-state index contributed by atoms with van der Waals surface area (Å²) in [6.45, 7) is 0. The van der Waals surface area contributed by atoms with Crippen molar-refractivity contribution in [1.29, 1.82) is 0 Å². The summed E-state index contributed by atoms with van der Waals surface area (Å²) in [4.78, 5) is 0. The molecule has 10 aromatic rings. The van der Waals surface area contributed by atoms with Crippen molar-refractivity contribution in [1.82, 2.24) is 0 Å². The maximum atomic E-state index is 3.64. The minimum Gasteiger partial charge on any atom is -0.356 e. The first-order chi connectivity index (χ1) is 29.6. The van der Waals surface area contributed by atoms with Gasteiger partial charge in [0.2, 0.25) is 0 Å². The first-order valence-electron chi connectivity index (χ1n) is 21.2. The number of rotatable bonds is 8. The molecule has 0 radical (unpaired) electrons. The first kappa shape index (κ1) is 34.6. The van der Waals surface area contributed by atoms with E-state index in [1.807, 2.05) is 0 Å². The van der Waals surface area contributed by atoms with Crippen LogP contribution in [0.2, 0.25) is 0 Å². The lowest BCUT2D eigenvalue weighted by Gasteiger charge is -2.19. The van der Waals surface area contributed by atoms with Crippen molar-refractivity contribution in [2.24, 2.45) is 0 Å². The Morgan fingerprint density at radius 1 is 0.217 bits per heavy atom. The van der Waals surface area contributed by atoms with E-state index in [1.165, 1.54) is 125 Å². The molecule has 2 heteroatoms. The second-order valence-electron chi connectivity index (χ2n) is 16.6. The third-order valence-electron chi connectivity index (χ3n) is 13.0. The number of hydrogen-bond acceptors (Lipinski definition) is 2. The van der Waals surface area contributed by atoms with Crippen LogP contribution in [0.3, 0.4) is 0 Å². The lowest BCUT2D eigenvalue weighted by Crippen LogP contribution is -2.07. The number of aryl methyl sites for hydroxylation is 4. The molecule has 2 aliphatic carbocycles. The predicted octanol–water partition coefficient (Wildman–Crippen LogP) is 15.5. The minimum absolute atomic E-state index is 1.08. The fraction of sp³-hybridized carbons (Fsp3) is 0.0690. The number of anilines is 4. The van der Waals surface area contributed by atoms with Gasteiger partial charge in [-0.1, -0.05) is 133 Å². The van der Waals surface area contributed by atoms with Gasteiger partial charge in [0.25, 0.3) is 0 Å². The molecule has 0 saturated heterocycles. The summed E-state index contributed by atoms with van der Waals surface area (Å²) < 4.78 is 0. The Labute approximate surface area is 350 Å². The van der Waals surface area contributed by atoms with E-state index in [0.717, 1.165) is 22.7 Å². The van der Waals surface area contributed by atoms with Crippen LogP contribution in [-0.2, 0) is 25.7 Å². The van der Waals surface area contributed by atoms with Crippen LogP contribution in [0.5, 0.6) is 0 Å². The molecule has 10 aromatic carbocycles. The van der Waals surface area contributed by atoms with Crippen molar-refractivity contribution in [3.8, 4) is 44.5 Å². The first-order valence-corrected chi connectivity index (χ1v) is 21.2. The number of benzene rings is 10. The molecule has 2 nitrogen and oxygen atoms in total. The van der Waals surface area contributed by atoms with Crippen molar-refractivity contribution in [2.45, 2.75) is 25.7 Å². The number of nitrogens with one attached hydrogen (secondary N) is 2. The molecule has 60 heavy (non-hydrogen) atoms. The number of hydrogen-bond donors (Lipinski definition) is 2. The van der Waals surface area contributed by atoms with E-state index in [4.69, 9.17) is 0 Å². The van der Waals surface area contributed by atoms with Crippen LogP contribution in [0.4, 0.5) is 22.7 Å². The fourth-order valence-corrected chi connectivity index (χ4v) is 9.44. The predicted molar refractivity (Wildman–Crippen MR) is 255 cm³/mol. The Balaban J connectivity index is 0.803. The summed E-state index contributed by atoms with van der Waals surface area (Å²) in [6.07, 6.45) is 4.82. The van der Waals surface area contributed by atoms with Gasteiger partial charge in [-0.15, -0.1) is 0 Å². The standard InChI is InChI=1S/C58H42N2/c1-2-10-54-53(9-1)57-35-47(39-19-25-49(26-20-39)59-51-7-3-5-41(33-51)45-17-13-37-11-15-43(37)31-45)23-29-55(57)56-30-24-48(36-58(54)56)40-21-27-50(28-22-40)60-52-8-4-6-42(34-52)46-18-14-38-12-16-44(38)32-46/h1-10,13-14,17-36,59-60H,11-12,15-16H2. The normalized spacial score (nSPS) is 12.7. The third kappa shape index (κ3) is 6.20. The molecule has 0 aromatic heterocycles. The van der Waals surface area contributed by atoms with Gasteiger partial charge in [0.1, 0.15) is 0 Å². The maximum absolute atomic E-state index is 3.64. The largest absolute Gasteiger partial charge is 0.356 e. The average molecular weight is 767 g/mol. The average Bonchev–Trinajstić information content (AvgIpc) is 3.28. The van der Waals surface area contributed by atoms with Gasteiger partial charge in [0.05, 0.1) is 0 Å². The Morgan fingerprint density at radius 2 is 0.583 bits per heavy atom. The highest BCUT2D eigenvalue weighted by Crippen LogP contribution is 2.40. The van der Waals surface area contributed by atoms with E-state index in [-0.39, 0.29) is 0 Å². The van der Waals surface area contributed by atoms with Crippen LogP contribution >= 0.6 is 0 Å². The van der Waals surface area contributed by atoms with Gasteiger partial charge in [0, 0.05) is 22.7 Å². The summed E-state index contributed by atoms with van der Waals surface area (Å²) in [5, 5.41) is 14.9. The van der Waals surface area contributed by atoms with E-state index in [0.29, 0.717) is 0 Å². The Hall–Kier alpha value is -7.42. The molecule has 0 fully saturated rings. The smallest absolute Gasteiger partial charge is 0.0390 e. The molecule has 0 unspecified atom stereocenters. The summed E-state index contributed by atoms with van der Waals surface area (Å²) >= 11 is 0. The quantitative estimate of drug-likeness (QED) is 0.151. The topological polar surface area (TPSA) is 24.1 Å². The molecule has 0 atom stereocenters. The molecule has 284 valence electrons. The molecule has 0 bridgehead atoms. The number of fused-ring (bicyclic) bond motifs is 8. The van der Waals surface area contributed by atoms with Gasteiger partial charge in [-0.3, -0.25) is 0 Å². The van der Waals surface area contributed by atoms with E-state index in [2.05, 4.69) is 205 Å². The third-order valence-corrected chi connectivity index (χ3v) is 13.0. The monoisotopic (exact) mass is 766 g/mol. The van der Waals surface area contributed by atoms with Crippen LogP contribution < -0.4 is 10.6 Å². The molecule has 0 spiro atoms. The minimum atomic E-state index is 1.08. The summed E-state index contributed by atoms with van der Waals surface area (Å²) in [5.41, 5.74) is 20.2. The lowest BCUT2D eigenvalue weighted by molar-refractivity contribution is 0.840. The lowest BCUT2D eigenvalue weighted by atomic mass is 9.86. The molecule has 0 amide bonds. The van der Waals surface area contributed by atoms with E-state index >= 15 is 0 Å². The van der Waals surface area contributed by atoms with Gasteiger partial charge in [-0.25, -0.2) is 0 Å². The molecule has 12 rings (SSSR count). The van der Waals surface area contributed by atoms with Gasteiger partial charge in [-0.05, 0) is 185 Å². The van der Waals surface area contributed by atoms with Crippen LogP contribution in [0.25, 0.3) is 76.8 Å². The molecule has 0 heterocycles. The fourth-order valence-electron chi connectivity index (χ4n) is 9.44. The van der Waals surface area contributed by atoms with Crippen LogP contribution in [-0.4, -0.2) is 0 Å². The van der Waals surface area contributed by atoms with Gasteiger partial charge in [-0.2, -0.15) is 0 Å². The summed E-state index contributed by atoms with van der Waals surface area (Å²) in [5.74, 6) is 0. The molecule has 2 aliphatic rings. The summed E-state index contributed by atoms with van der Waals surface area (Å²) in [7, 11) is 0. The molecule has 0 aliphatic heterocycles. The molecular formula is C58H42N2. The van der Waals surface area contributed by atoms with Crippen molar-refractivity contribution in [3.63, 3.8) is 0 Å². The van der Waals surface area contributed by atoms with Crippen LogP contribution in [0.1, 0.15) is 22.3 Å². The highest BCUT2D eigenvalue weighted by molar-refractivity contribution is 6.26. The Bertz CT molecular complexity index is 3060. The van der Waals surface area contributed by atoms with Crippen LogP contribution in [0, 0.1) is 0 Å². The van der Waals surface area contributed by atoms with Crippen molar-refractivity contribution in [2.75, 3.05) is 10.6 Å². The van der Waals surface area contributed by atoms with Crippen LogP contribution in [0.15, 0.2) is 194 Å².